The molecule has 1 amide bonds. The van der Waals surface area contributed by atoms with Gasteiger partial charge in [0.25, 0.3) is 0 Å². The first-order valence-electron chi connectivity index (χ1n) is 6.20. The summed E-state index contributed by atoms with van der Waals surface area (Å²) in [5.41, 5.74) is 0. The van der Waals surface area contributed by atoms with E-state index in [0.29, 0.717) is 16.4 Å². The smallest absolute Gasteiger partial charge is 0.247 e. The Balaban J connectivity index is 2.18. The highest BCUT2D eigenvalue weighted by molar-refractivity contribution is 9.14. The number of hydrogen-bond donors (Lipinski definition) is 0. The Kier molecular flexibility index (Phi) is 4.78. The summed E-state index contributed by atoms with van der Waals surface area (Å²) >= 11 is 10.2. The number of likely N-dealkylation sites (tertiary alicyclic amines) is 1. The van der Waals surface area contributed by atoms with E-state index in [1.54, 1.807) is 4.68 Å². The van der Waals surface area contributed by atoms with Crippen molar-refractivity contribution in [1.29, 1.82) is 0 Å². The predicted molar refractivity (Wildman–Crippen MR) is 84.9 cm³/mol. The summed E-state index contributed by atoms with van der Waals surface area (Å²) in [7, 11) is 0. The number of rotatable bonds is 2. The van der Waals surface area contributed by atoms with Crippen LogP contribution in [0.3, 0.4) is 0 Å². The van der Waals surface area contributed by atoms with Crippen molar-refractivity contribution in [1.82, 2.24) is 14.7 Å². The van der Waals surface area contributed by atoms with Gasteiger partial charge in [0.1, 0.15) is 15.2 Å². The molecule has 1 aromatic rings. The van der Waals surface area contributed by atoms with Crippen molar-refractivity contribution >= 4 is 53.7 Å². The maximum absolute atomic E-state index is 12.5. The van der Waals surface area contributed by atoms with Gasteiger partial charge in [-0.2, -0.15) is 5.10 Å². The lowest BCUT2D eigenvalue weighted by molar-refractivity contribution is -0.133. The largest absolute Gasteiger partial charge is 0.340 e. The molecule has 0 radical (unpaired) electrons. The molecule has 19 heavy (non-hydrogen) atoms. The Morgan fingerprint density at radius 1 is 1.26 bits per heavy atom. The van der Waals surface area contributed by atoms with Crippen molar-refractivity contribution in [3.8, 4) is 0 Å². The van der Waals surface area contributed by atoms with Gasteiger partial charge in [-0.1, -0.05) is 13.8 Å². The van der Waals surface area contributed by atoms with Crippen molar-refractivity contribution in [3.05, 3.63) is 13.7 Å². The monoisotopic (exact) mass is 455 g/mol. The molecule has 1 aliphatic rings. The van der Waals surface area contributed by atoms with Gasteiger partial charge in [0.05, 0.1) is 4.47 Å². The Morgan fingerprint density at radius 3 is 2.21 bits per heavy atom. The average Bonchev–Trinajstić information content (AvgIpc) is 2.83. The van der Waals surface area contributed by atoms with Gasteiger partial charge < -0.3 is 4.90 Å². The Hall–Kier alpha value is 0.120. The third-order valence-corrected chi connectivity index (χ3v) is 6.91. The number of aromatic nitrogens is 2. The molecule has 0 spiro atoms. The second kappa shape index (κ2) is 5.85. The Labute approximate surface area is 138 Å². The highest BCUT2D eigenvalue weighted by Crippen LogP contribution is 2.33. The molecule has 0 bridgehead atoms. The minimum atomic E-state index is -0.311. The summed E-state index contributed by atoms with van der Waals surface area (Å²) in [5.74, 6) is 1.26. The van der Waals surface area contributed by atoms with E-state index in [9.17, 15) is 4.79 Å². The van der Waals surface area contributed by atoms with Gasteiger partial charge in [-0.3, -0.25) is 4.79 Å². The van der Waals surface area contributed by atoms with Crippen LogP contribution in [0.25, 0.3) is 0 Å². The average molecular weight is 458 g/mol. The molecule has 0 N–H and O–H groups in total. The molecule has 1 saturated heterocycles. The molecule has 2 heterocycles. The molecule has 1 fully saturated rings. The van der Waals surface area contributed by atoms with E-state index in [0.717, 1.165) is 22.2 Å². The number of carbonyl (C=O) groups is 1. The highest BCUT2D eigenvalue weighted by atomic mass is 79.9. The van der Waals surface area contributed by atoms with Crippen molar-refractivity contribution in [3.63, 3.8) is 0 Å². The van der Waals surface area contributed by atoms with Crippen LogP contribution in [0, 0.1) is 11.8 Å². The van der Waals surface area contributed by atoms with Gasteiger partial charge in [0.15, 0.2) is 0 Å². The first-order valence-corrected chi connectivity index (χ1v) is 8.58. The van der Waals surface area contributed by atoms with E-state index >= 15 is 0 Å². The first-order chi connectivity index (χ1) is 8.82. The van der Waals surface area contributed by atoms with Gasteiger partial charge in [0.2, 0.25) is 5.91 Å². The van der Waals surface area contributed by atoms with E-state index < -0.39 is 0 Å². The predicted octanol–water partition coefficient (Wildman–Crippen LogP) is 3.85. The zero-order valence-electron chi connectivity index (χ0n) is 11.0. The van der Waals surface area contributed by atoms with Crippen molar-refractivity contribution in [2.24, 2.45) is 11.8 Å². The fourth-order valence-corrected chi connectivity index (χ4v) is 3.76. The molecule has 0 saturated carbocycles. The molecular formula is C12H16Br3N3O. The van der Waals surface area contributed by atoms with E-state index in [1.807, 2.05) is 11.8 Å². The van der Waals surface area contributed by atoms with Crippen LogP contribution in [-0.4, -0.2) is 33.7 Å². The molecule has 4 nitrogen and oxygen atoms in total. The minimum absolute atomic E-state index is 0.124. The lowest BCUT2D eigenvalue weighted by Crippen LogP contribution is -2.35. The quantitative estimate of drug-likeness (QED) is 0.676. The molecule has 1 aliphatic heterocycles. The minimum Gasteiger partial charge on any atom is -0.340 e. The molecule has 0 aliphatic carbocycles. The van der Waals surface area contributed by atoms with Crippen molar-refractivity contribution in [2.45, 2.75) is 26.8 Å². The normalized spacial score (nSPS) is 24.8. The summed E-state index contributed by atoms with van der Waals surface area (Å²) in [5, 5.41) is 4.33. The number of carbonyl (C=O) groups excluding carboxylic acids is 1. The van der Waals surface area contributed by atoms with E-state index in [2.05, 4.69) is 66.7 Å². The summed E-state index contributed by atoms with van der Waals surface area (Å²) in [6.07, 6.45) is 0. The fraction of sp³-hybridized carbons (Fsp3) is 0.667. The van der Waals surface area contributed by atoms with Crippen LogP contribution in [0.1, 0.15) is 26.8 Å². The third kappa shape index (κ3) is 2.93. The summed E-state index contributed by atoms with van der Waals surface area (Å²) in [6.45, 7) is 7.95. The third-order valence-electron chi connectivity index (χ3n) is 3.78. The van der Waals surface area contributed by atoms with Gasteiger partial charge in [0, 0.05) is 13.1 Å². The van der Waals surface area contributed by atoms with E-state index in [-0.39, 0.29) is 11.9 Å². The second-order valence-electron chi connectivity index (χ2n) is 5.21. The van der Waals surface area contributed by atoms with Crippen molar-refractivity contribution < 1.29 is 4.79 Å². The zero-order valence-corrected chi connectivity index (χ0v) is 15.8. The topological polar surface area (TPSA) is 38.1 Å². The van der Waals surface area contributed by atoms with Gasteiger partial charge in [-0.25, -0.2) is 4.68 Å². The fourth-order valence-electron chi connectivity index (χ4n) is 2.30. The maximum Gasteiger partial charge on any atom is 0.247 e. The molecule has 0 aromatic carbocycles. The summed E-state index contributed by atoms with van der Waals surface area (Å²) in [6, 6.07) is -0.311. The first kappa shape index (κ1) is 15.5. The van der Waals surface area contributed by atoms with Gasteiger partial charge in [-0.15, -0.1) is 0 Å². The zero-order chi connectivity index (χ0) is 14.3. The molecule has 106 valence electrons. The summed E-state index contributed by atoms with van der Waals surface area (Å²) < 4.78 is 4.00. The SMILES string of the molecule is CC1CN(C(=O)C(C)n2nc(Br)c(Br)c2Br)CC1C. The number of halogens is 3. The van der Waals surface area contributed by atoms with Crippen LogP contribution in [0.4, 0.5) is 0 Å². The van der Waals surface area contributed by atoms with Crippen molar-refractivity contribution in [2.75, 3.05) is 13.1 Å². The Bertz CT molecular complexity index is 493. The number of hydrogen-bond acceptors (Lipinski definition) is 2. The van der Waals surface area contributed by atoms with Crippen LogP contribution in [0.15, 0.2) is 13.7 Å². The van der Waals surface area contributed by atoms with Crippen LogP contribution >= 0.6 is 47.8 Å². The second-order valence-corrected chi connectivity index (χ2v) is 7.51. The van der Waals surface area contributed by atoms with E-state index in [1.165, 1.54) is 0 Å². The maximum atomic E-state index is 12.5. The highest BCUT2D eigenvalue weighted by Gasteiger charge is 2.33. The molecular weight excluding hydrogens is 442 g/mol. The molecule has 2 rings (SSSR count). The van der Waals surface area contributed by atoms with E-state index in [4.69, 9.17) is 0 Å². The lowest BCUT2D eigenvalue weighted by atomic mass is 10.0. The molecule has 3 unspecified atom stereocenters. The van der Waals surface area contributed by atoms with Gasteiger partial charge >= 0.3 is 0 Å². The lowest BCUT2D eigenvalue weighted by Gasteiger charge is -2.21. The molecule has 3 atom stereocenters. The number of amides is 1. The standard InChI is InChI=1S/C12H16Br3N3O/c1-6-4-17(5-7(6)2)12(19)8(3)18-11(15)9(13)10(14)16-18/h6-8H,4-5H2,1-3H3. The molecule has 1 aromatic heterocycles. The molecule has 7 heteroatoms. The number of nitrogens with zero attached hydrogens (tertiary/aromatic N) is 3. The van der Waals surface area contributed by atoms with Crippen LogP contribution in [0.5, 0.6) is 0 Å². The van der Waals surface area contributed by atoms with Gasteiger partial charge in [-0.05, 0) is 66.5 Å². The Morgan fingerprint density at radius 2 is 1.79 bits per heavy atom. The summed E-state index contributed by atoms with van der Waals surface area (Å²) in [4.78, 5) is 14.5. The van der Waals surface area contributed by atoms with Crippen LogP contribution in [0.2, 0.25) is 0 Å². The van der Waals surface area contributed by atoms with Crippen LogP contribution in [-0.2, 0) is 4.79 Å². The van der Waals surface area contributed by atoms with Crippen LogP contribution < -0.4 is 0 Å².